The van der Waals surface area contributed by atoms with Gasteiger partial charge < -0.3 is 4.42 Å². The van der Waals surface area contributed by atoms with E-state index in [0.717, 1.165) is 0 Å². The molecule has 0 aliphatic carbocycles. The van der Waals surface area contributed by atoms with Gasteiger partial charge in [-0.05, 0) is 13.0 Å². The summed E-state index contributed by atoms with van der Waals surface area (Å²) in [6.07, 6.45) is 2.86. The standard InChI is InChI=1S/C10H9ClN2O2/c1-6-3-7(5-15-6)10(14)9-8(11)4-12-13(9)2/h3-5H,1-2H3. The van der Waals surface area contributed by atoms with Crippen molar-refractivity contribution in [3.8, 4) is 0 Å². The van der Waals surface area contributed by atoms with E-state index in [2.05, 4.69) is 5.10 Å². The number of ketones is 1. The van der Waals surface area contributed by atoms with Gasteiger partial charge in [0, 0.05) is 7.05 Å². The second kappa shape index (κ2) is 3.55. The average Bonchev–Trinajstić information content (AvgIpc) is 2.73. The van der Waals surface area contributed by atoms with Gasteiger partial charge in [-0.15, -0.1) is 0 Å². The molecule has 0 unspecified atom stereocenters. The largest absolute Gasteiger partial charge is 0.469 e. The lowest BCUT2D eigenvalue weighted by Crippen LogP contribution is -2.07. The first-order valence-corrected chi connectivity index (χ1v) is 4.74. The lowest BCUT2D eigenvalue weighted by molar-refractivity contribution is 0.103. The molecule has 0 saturated carbocycles. The minimum Gasteiger partial charge on any atom is -0.469 e. The van der Waals surface area contributed by atoms with Gasteiger partial charge >= 0.3 is 0 Å². The van der Waals surface area contributed by atoms with E-state index in [4.69, 9.17) is 16.0 Å². The van der Waals surface area contributed by atoms with Gasteiger partial charge in [-0.2, -0.15) is 5.10 Å². The van der Waals surface area contributed by atoms with Gasteiger partial charge in [0.15, 0.2) is 0 Å². The van der Waals surface area contributed by atoms with Crippen molar-refractivity contribution in [3.05, 3.63) is 40.6 Å². The van der Waals surface area contributed by atoms with Crippen molar-refractivity contribution >= 4 is 17.4 Å². The van der Waals surface area contributed by atoms with Crippen LogP contribution in [0.4, 0.5) is 0 Å². The van der Waals surface area contributed by atoms with E-state index in [-0.39, 0.29) is 5.78 Å². The van der Waals surface area contributed by atoms with Crippen LogP contribution in [0.15, 0.2) is 22.9 Å². The molecule has 0 aliphatic rings. The van der Waals surface area contributed by atoms with Crippen molar-refractivity contribution in [2.45, 2.75) is 6.92 Å². The molecular formula is C10H9ClN2O2. The first-order valence-electron chi connectivity index (χ1n) is 4.37. The van der Waals surface area contributed by atoms with Crippen LogP contribution in [0.25, 0.3) is 0 Å². The van der Waals surface area contributed by atoms with Crippen molar-refractivity contribution in [1.29, 1.82) is 0 Å². The number of hydrogen-bond acceptors (Lipinski definition) is 3. The molecule has 2 aromatic heterocycles. The number of nitrogens with zero attached hydrogens (tertiary/aromatic N) is 2. The van der Waals surface area contributed by atoms with Crippen molar-refractivity contribution < 1.29 is 9.21 Å². The zero-order valence-corrected chi connectivity index (χ0v) is 9.08. The van der Waals surface area contributed by atoms with E-state index in [1.54, 1.807) is 20.0 Å². The summed E-state index contributed by atoms with van der Waals surface area (Å²) < 4.78 is 6.52. The Morgan fingerprint density at radius 2 is 2.33 bits per heavy atom. The average molecular weight is 225 g/mol. The zero-order chi connectivity index (χ0) is 11.0. The van der Waals surface area contributed by atoms with Crippen molar-refractivity contribution in [2.75, 3.05) is 0 Å². The number of halogens is 1. The molecular weight excluding hydrogens is 216 g/mol. The van der Waals surface area contributed by atoms with Gasteiger partial charge in [0.05, 0.1) is 16.8 Å². The second-order valence-electron chi connectivity index (χ2n) is 3.24. The van der Waals surface area contributed by atoms with Gasteiger partial charge in [-0.25, -0.2) is 0 Å². The van der Waals surface area contributed by atoms with Crippen molar-refractivity contribution in [3.63, 3.8) is 0 Å². The summed E-state index contributed by atoms with van der Waals surface area (Å²) in [5.74, 6) is 0.508. The topological polar surface area (TPSA) is 48.0 Å². The van der Waals surface area contributed by atoms with Gasteiger partial charge in [-0.3, -0.25) is 9.48 Å². The van der Waals surface area contributed by atoms with Gasteiger partial charge in [0.25, 0.3) is 0 Å². The Labute approximate surface area is 91.4 Å². The van der Waals surface area contributed by atoms with Crippen LogP contribution in [-0.4, -0.2) is 15.6 Å². The van der Waals surface area contributed by atoms with E-state index in [9.17, 15) is 4.79 Å². The number of hydrogen-bond donors (Lipinski definition) is 0. The normalized spacial score (nSPS) is 10.6. The van der Waals surface area contributed by atoms with Crippen LogP contribution < -0.4 is 0 Å². The monoisotopic (exact) mass is 224 g/mol. The number of carbonyl (C=O) groups is 1. The highest BCUT2D eigenvalue weighted by atomic mass is 35.5. The van der Waals surface area contributed by atoms with Gasteiger partial charge in [0.2, 0.25) is 5.78 Å². The van der Waals surface area contributed by atoms with Crippen LogP contribution in [0.1, 0.15) is 21.8 Å². The Bertz CT molecular complexity index is 494. The molecule has 0 aromatic carbocycles. The molecule has 2 aromatic rings. The van der Waals surface area contributed by atoms with E-state index in [1.807, 2.05) is 0 Å². The van der Waals surface area contributed by atoms with Crippen LogP contribution in [0, 0.1) is 6.92 Å². The molecule has 4 nitrogen and oxygen atoms in total. The molecule has 5 heteroatoms. The molecule has 0 fully saturated rings. The minimum atomic E-state index is -0.183. The fraction of sp³-hybridized carbons (Fsp3) is 0.200. The van der Waals surface area contributed by atoms with Crippen molar-refractivity contribution in [1.82, 2.24) is 9.78 Å². The number of aryl methyl sites for hydroxylation is 2. The Morgan fingerprint density at radius 1 is 1.60 bits per heavy atom. The molecule has 2 heterocycles. The quantitative estimate of drug-likeness (QED) is 0.735. The SMILES string of the molecule is Cc1cc(C(=O)c2c(Cl)cnn2C)co1. The fourth-order valence-corrected chi connectivity index (χ4v) is 1.62. The van der Waals surface area contributed by atoms with Crippen LogP contribution in [-0.2, 0) is 7.05 Å². The predicted molar refractivity (Wildman–Crippen MR) is 55.1 cm³/mol. The first kappa shape index (κ1) is 9.98. The molecule has 0 radical (unpaired) electrons. The third kappa shape index (κ3) is 1.68. The summed E-state index contributed by atoms with van der Waals surface area (Å²) in [5.41, 5.74) is 0.857. The lowest BCUT2D eigenvalue weighted by Gasteiger charge is -1.98. The van der Waals surface area contributed by atoms with Gasteiger partial charge in [-0.1, -0.05) is 11.6 Å². The van der Waals surface area contributed by atoms with E-state index < -0.39 is 0 Å². The highest BCUT2D eigenvalue weighted by Crippen LogP contribution is 2.19. The number of furan rings is 1. The van der Waals surface area contributed by atoms with Gasteiger partial charge in [0.1, 0.15) is 17.7 Å². The molecule has 0 atom stereocenters. The number of rotatable bonds is 2. The first-order chi connectivity index (χ1) is 7.09. The molecule has 2 rings (SSSR count). The zero-order valence-electron chi connectivity index (χ0n) is 8.32. The third-order valence-electron chi connectivity index (χ3n) is 2.10. The van der Waals surface area contributed by atoms with Crippen LogP contribution in [0.2, 0.25) is 5.02 Å². The highest BCUT2D eigenvalue weighted by molar-refractivity contribution is 6.34. The number of aromatic nitrogens is 2. The fourth-order valence-electron chi connectivity index (χ4n) is 1.37. The maximum absolute atomic E-state index is 12.0. The summed E-state index contributed by atoms with van der Waals surface area (Å²) >= 11 is 5.86. The van der Waals surface area contributed by atoms with E-state index in [1.165, 1.54) is 17.1 Å². The Hall–Kier alpha value is -1.55. The Balaban J connectivity index is 2.45. The Kier molecular flexibility index (Phi) is 2.36. The maximum atomic E-state index is 12.0. The molecule has 0 N–H and O–H groups in total. The molecule has 0 aliphatic heterocycles. The molecule has 15 heavy (non-hydrogen) atoms. The van der Waals surface area contributed by atoms with Crippen LogP contribution in [0.3, 0.4) is 0 Å². The molecule has 0 spiro atoms. The lowest BCUT2D eigenvalue weighted by atomic mass is 10.1. The summed E-state index contributed by atoms with van der Waals surface area (Å²) in [4.78, 5) is 12.0. The Morgan fingerprint density at radius 3 is 2.80 bits per heavy atom. The highest BCUT2D eigenvalue weighted by Gasteiger charge is 2.18. The molecule has 0 amide bonds. The third-order valence-corrected chi connectivity index (χ3v) is 2.38. The summed E-state index contributed by atoms with van der Waals surface area (Å²) in [6, 6.07) is 1.67. The predicted octanol–water partition coefficient (Wildman–Crippen LogP) is 2.21. The number of carbonyl (C=O) groups excluding carboxylic acids is 1. The molecule has 0 bridgehead atoms. The van der Waals surface area contributed by atoms with Crippen LogP contribution in [0.5, 0.6) is 0 Å². The second-order valence-corrected chi connectivity index (χ2v) is 3.65. The van der Waals surface area contributed by atoms with Crippen molar-refractivity contribution in [2.24, 2.45) is 7.05 Å². The summed E-state index contributed by atoms with van der Waals surface area (Å²) in [6.45, 7) is 1.78. The maximum Gasteiger partial charge on any atom is 0.215 e. The van der Waals surface area contributed by atoms with E-state index in [0.29, 0.717) is 22.0 Å². The molecule has 0 saturated heterocycles. The molecule has 78 valence electrons. The van der Waals surface area contributed by atoms with Crippen LogP contribution >= 0.6 is 11.6 Å². The smallest absolute Gasteiger partial charge is 0.215 e. The summed E-state index contributed by atoms with van der Waals surface area (Å²) in [5, 5.41) is 4.25. The summed E-state index contributed by atoms with van der Waals surface area (Å²) in [7, 11) is 1.67. The van der Waals surface area contributed by atoms with E-state index >= 15 is 0 Å². The minimum absolute atomic E-state index is 0.183.